The number of nitrogens with zero attached hydrogens (tertiary/aromatic N) is 7. The second-order valence-electron chi connectivity index (χ2n) is 15.4. The number of aromatic nitrogens is 5. The van der Waals surface area contributed by atoms with Crippen molar-refractivity contribution in [1.82, 2.24) is 34.6 Å². The second-order valence-corrected chi connectivity index (χ2v) is 15.4. The lowest BCUT2D eigenvalue weighted by molar-refractivity contribution is -0.130. The molecule has 1 aliphatic carbocycles. The van der Waals surface area contributed by atoms with Gasteiger partial charge in [-0.1, -0.05) is 44.2 Å². The molecule has 55 heavy (non-hydrogen) atoms. The van der Waals surface area contributed by atoms with E-state index in [4.69, 9.17) is 19.3 Å². The first-order chi connectivity index (χ1) is 26.6. The van der Waals surface area contributed by atoms with Crippen LogP contribution in [0.4, 0.5) is 16.6 Å². The molecule has 3 aromatic heterocycles. The molecule has 2 aromatic carbocycles. The Bertz CT molecular complexity index is 2110. The molecule has 0 saturated carbocycles. The van der Waals surface area contributed by atoms with Gasteiger partial charge in [0, 0.05) is 36.7 Å². The van der Waals surface area contributed by atoms with Crippen molar-refractivity contribution in [3.63, 3.8) is 0 Å². The van der Waals surface area contributed by atoms with Gasteiger partial charge in [-0.2, -0.15) is 5.10 Å². The molecule has 1 aliphatic heterocycles. The molecule has 3 atom stereocenters. The fourth-order valence-corrected chi connectivity index (χ4v) is 7.38. The summed E-state index contributed by atoms with van der Waals surface area (Å²) in [5.74, 6) is 2.73. The highest BCUT2D eigenvalue weighted by molar-refractivity contribution is 5.89. The van der Waals surface area contributed by atoms with Crippen molar-refractivity contribution in [2.24, 2.45) is 0 Å². The fraction of sp³-hybridized carbons (Fsp3) is 0.439. The number of nitrogens with one attached hydrogen (secondary N) is 2. The summed E-state index contributed by atoms with van der Waals surface area (Å²) in [6, 6.07) is 21.2. The summed E-state index contributed by atoms with van der Waals surface area (Å²) in [7, 11) is 3.99. The Balaban J connectivity index is 1.09. The third kappa shape index (κ3) is 8.54. The molecule has 14 heteroatoms. The van der Waals surface area contributed by atoms with Gasteiger partial charge >= 0.3 is 6.03 Å². The number of amides is 2. The summed E-state index contributed by atoms with van der Waals surface area (Å²) in [4.78, 5) is 29.3. The summed E-state index contributed by atoms with van der Waals surface area (Å²) in [5, 5.41) is 20.1. The minimum atomic E-state index is -0.622. The quantitative estimate of drug-likeness (QED) is 0.122. The van der Waals surface area contributed by atoms with Gasteiger partial charge in [-0.05, 0) is 88.5 Å². The number of pyridine rings is 1. The number of anilines is 2. The van der Waals surface area contributed by atoms with Crippen LogP contribution in [0.15, 0.2) is 72.9 Å². The van der Waals surface area contributed by atoms with Crippen molar-refractivity contribution < 1.29 is 23.8 Å². The van der Waals surface area contributed by atoms with Crippen LogP contribution in [0.5, 0.6) is 11.5 Å². The molecule has 0 radical (unpaired) electrons. The summed E-state index contributed by atoms with van der Waals surface area (Å²) in [6.45, 7) is 8.92. The Kier molecular flexibility index (Phi) is 11.2. The minimum Gasteiger partial charge on any atom is -0.492 e. The Morgan fingerprint density at radius 3 is 2.62 bits per heavy atom. The molecule has 4 heterocycles. The molecule has 0 unspecified atom stereocenters. The van der Waals surface area contributed by atoms with Crippen LogP contribution in [0.1, 0.15) is 81.8 Å². The topological polar surface area (TPSA) is 140 Å². The van der Waals surface area contributed by atoms with E-state index in [1.165, 1.54) is 6.42 Å². The highest BCUT2D eigenvalue weighted by Crippen LogP contribution is 2.39. The average molecular weight is 750 g/mol. The molecule has 1 saturated heterocycles. The first-order valence-corrected chi connectivity index (χ1v) is 19.1. The van der Waals surface area contributed by atoms with Crippen LogP contribution in [0.2, 0.25) is 0 Å². The number of piperidine rings is 1. The van der Waals surface area contributed by atoms with E-state index < -0.39 is 5.41 Å². The lowest BCUT2D eigenvalue weighted by Gasteiger charge is -2.33. The van der Waals surface area contributed by atoms with E-state index in [1.54, 1.807) is 4.68 Å². The maximum Gasteiger partial charge on any atom is 0.320 e. The third-order valence-electron chi connectivity index (χ3n) is 10.5. The van der Waals surface area contributed by atoms with E-state index in [0.717, 1.165) is 54.4 Å². The molecule has 0 bridgehead atoms. The number of ether oxygens (including phenoxy) is 3. The van der Waals surface area contributed by atoms with Gasteiger partial charge in [0.15, 0.2) is 5.65 Å². The molecular weight excluding hydrogens is 699 g/mol. The molecule has 14 nitrogen and oxygen atoms in total. The Hall–Kier alpha value is -5.63. The first kappa shape index (κ1) is 37.7. The normalized spacial score (nSPS) is 18.5. The number of hydrogen-bond donors (Lipinski definition) is 2. The van der Waals surface area contributed by atoms with E-state index in [9.17, 15) is 9.59 Å². The third-order valence-corrected chi connectivity index (χ3v) is 10.5. The number of carbonyl (C=O) groups excluding carboxylic acids is 2. The van der Waals surface area contributed by atoms with Crippen LogP contribution in [0, 0.1) is 0 Å². The number of likely N-dealkylation sites (N-methyl/N-ethyl adjacent to an activating group) is 1. The van der Waals surface area contributed by atoms with Crippen LogP contribution in [-0.4, -0.2) is 88.2 Å². The van der Waals surface area contributed by atoms with Crippen LogP contribution in [0.25, 0.3) is 11.3 Å². The maximum atomic E-state index is 13.8. The number of carbonyl (C=O) groups is 2. The van der Waals surface area contributed by atoms with E-state index in [-0.39, 0.29) is 24.8 Å². The van der Waals surface area contributed by atoms with Crippen molar-refractivity contribution in [3.8, 4) is 17.2 Å². The summed E-state index contributed by atoms with van der Waals surface area (Å²) in [5.41, 5.74) is 3.55. The Morgan fingerprint density at radius 1 is 0.982 bits per heavy atom. The number of urea groups is 1. The number of benzene rings is 2. The maximum absolute atomic E-state index is 13.8. The van der Waals surface area contributed by atoms with Crippen LogP contribution in [-0.2, 0) is 14.9 Å². The first-order valence-electron chi connectivity index (χ1n) is 19.1. The van der Waals surface area contributed by atoms with Crippen LogP contribution in [0.3, 0.4) is 0 Å². The SMILES string of the molecule is C[C@H]1CCCCN1c1nnc2ccc(O[C@@H]3CC[C@H](NC(=O)Nc4cc(C(C)(C)COC=O)nn4-c4cccc(OCCN(C)C)c4)c4ccccc43)cn12. The largest absolute Gasteiger partial charge is 0.492 e. The lowest BCUT2D eigenvalue weighted by atomic mass is 9.85. The highest BCUT2D eigenvalue weighted by Gasteiger charge is 2.31. The second kappa shape index (κ2) is 16.4. The minimum absolute atomic E-state index is 0.126. The van der Waals surface area contributed by atoms with Crippen LogP contribution >= 0.6 is 0 Å². The van der Waals surface area contributed by atoms with E-state index in [1.807, 2.05) is 99.2 Å². The number of hydrogen-bond acceptors (Lipinski definition) is 10. The smallest absolute Gasteiger partial charge is 0.320 e. The molecule has 2 aliphatic rings. The van der Waals surface area contributed by atoms with E-state index in [0.29, 0.717) is 54.9 Å². The monoisotopic (exact) mass is 749 g/mol. The van der Waals surface area contributed by atoms with Gasteiger partial charge in [-0.25, -0.2) is 9.48 Å². The molecule has 1 fully saturated rings. The van der Waals surface area contributed by atoms with Gasteiger partial charge in [0.05, 0.1) is 23.6 Å². The molecule has 2 N–H and O–H groups in total. The van der Waals surface area contributed by atoms with Gasteiger partial charge in [0.25, 0.3) is 6.47 Å². The van der Waals surface area contributed by atoms with Gasteiger partial charge in [0.2, 0.25) is 5.95 Å². The zero-order chi connectivity index (χ0) is 38.5. The predicted octanol–water partition coefficient (Wildman–Crippen LogP) is 6.46. The molecule has 2 amide bonds. The predicted molar refractivity (Wildman–Crippen MR) is 210 cm³/mol. The van der Waals surface area contributed by atoms with E-state index >= 15 is 0 Å². The summed E-state index contributed by atoms with van der Waals surface area (Å²) < 4.78 is 21.5. The van der Waals surface area contributed by atoms with Crippen molar-refractivity contribution in [3.05, 3.63) is 89.7 Å². The Labute approximate surface area is 321 Å². The zero-order valence-electron chi connectivity index (χ0n) is 32.3. The van der Waals surface area contributed by atoms with Crippen molar-refractivity contribution in [2.75, 3.05) is 50.6 Å². The van der Waals surface area contributed by atoms with Gasteiger partial charge < -0.3 is 29.3 Å². The van der Waals surface area contributed by atoms with Crippen molar-refractivity contribution >= 4 is 29.9 Å². The van der Waals surface area contributed by atoms with Crippen LogP contribution < -0.4 is 25.0 Å². The van der Waals surface area contributed by atoms with Gasteiger partial charge in [0.1, 0.15) is 36.6 Å². The van der Waals surface area contributed by atoms with Crippen molar-refractivity contribution in [1.29, 1.82) is 0 Å². The zero-order valence-corrected chi connectivity index (χ0v) is 32.3. The average Bonchev–Trinajstić information content (AvgIpc) is 3.80. The summed E-state index contributed by atoms with van der Waals surface area (Å²) >= 11 is 0. The molecular formula is C41H51N9O5. The fourth-order valence-electron chi connectivity index (χ4n) is 7.38. The number of rotatable bonds is 14. The molecule has 5 aromatic rings. The molecule has 0 spiro atoms. The lowest BCUT2D eigenvalue weighted by Crippen LogP contribution is -2.38. The van der Waals surface area contributed by atoms with Crippen molar-refractivity contribution in [2.45, 2.75) is 76.5 Å². The molecule has 7 rings (SSSR count). The highest BCUT2D eigenvalue weighted by atomic mass is 16.5. The summed E-state index contributed by atoms with van der Waals surface area (Å²) in [6.07, 6.45) is 6.67. The van der Waals surface area contributed by atoms with Gasteiger partial charge in [-0.15, -0.1) is 10.2 Å². The number of fused-ring (bicyclic) bond motifs is 2. The Morgan fingerprint density at radius 2 is 1.82 bits per heavy atom. The molecule has 290 valence electrons. The van der Waals surface area contributed by atoms with E-state index in [2.05, 4.69) is 43.6 Å². The standard InChI is InChI=1S/C41H51N9O5/c1-28-11-8-9-20-48(28)40-45-44-37-19-16-31(25-49(37)40)55-35-18-17-34(32-14-6-7-15-33(32)35)42-39(52)43-38-24-36(41(2,3)26-53-27-51)46-50(38)29-12-10-13-30(23-29)54-22-21-47(4)5/h6-7,10,12-16,19,23-25,27-28,34-35H,8-9,11,17-18,20-22,26H2,1-5H3,(H2,42,43,52)/t28-,34-,35+/m0/s1. The van der Waals surface area contributed by atoms with Gasteiger partial charge in [-0.3, -0.25) is 14.5 Å².